The van der Waals surface area contributed by atoms with Gasteiger partial charge in [0.05, 0.1) is 11.4 Å². The molecule has 4 rings (SSSR count). The second-order valence-corrected chi connectivity index (χ2v) is 10.5. The van der Waals surface area contributed by atoms with Crippen molar-refractivity contribution in [2.45, 2.75) is 17.1 Å². The van der Waals surface area contributed by atoms with Crippen LogP contribution in [0.5, 0.6) is 0 Å². The number of carbonyl (C=O) groups is 1. The summed E-state index contributed by atoms with van der Waals surface area (Å²) in [5.41, 5.74) is -0.331. The average Bonchev–Trinajstić information content (AvgIpc) is 3.34. The Labute approximate surface area is 192 Å². The van der Waals surface area contributed by atoms with Crippen LogP contribution in [-0.4, -0.2) is 27.9 Å². The second kappa shape index (κ2) is 8.14. The average molecular weight is 511 g/mol. The standard InChI is InChI=1S/C20H15ClN2O8S2/c1-11-14(20(24)25)10-19(30-11)33(28,29)22-15-7-6-13(21)9-16(15)23-32(26,27)18-8-12-4-2-3-5-17(12)31-18/h2-10,22-23H,1H3,(H,24,25). The van der Waals surface area contributed by atoms with E-state index in [1.54, 1.807) is 24.3 Å². The highest BCUT2D eigenvalue weighted by atomic mass is 35.5. The van der Waals surface area contributed by atoms with Gasteiger partial charge in [0.25, 0.3) is 20.0 Å². The van der Waals surface area contributed by atoms with Gasteiger partial charge >= 0.3 is 5.97 Å². The first-order chi connectivity index (χ1) is 15.5. The largest absolute Gasteiger partial charge is 0.478 e. The quantitative estimate of drug-likeness (QED) is 0.332. The first-order valence-corrected chi connectivity index (χ1v) is 12.5. The summed E-state index contributed by atoms with van der Waals surface area (Å²) in [5.74, 6) is -1.46. The minimum atomic E-state index is -4.41. The van der Waals surface area contributed by atoms with E-state index in [9.17, 15) is 21.6 Å². The third kappa shape index (κ3) is 4.53. The van der Waals surface area contributed by atoms with Crippen LogP contribution in [0, 0.1) is 6.92 Å². The lowest BCUT2D eigenvalue weighted by atomic mass is 10.3. The number of aryl methyl sites for hydroxylation is 1. The molecule has 13 heteroatoms. The molecule has 0 aliphatic carbocycles. The van der Waals surface area contributed by atoms with Gasteiger partial charge in [0.1, 0.15) is 16.9 Å². The number of halogens is 1. The summed E-state index contributed by atoms with van der Waals surface area (Å²) in [7, 11) is -8.67. The molecule has 2 heterocycles. The van der Waals surface area contributed by atoms with Crippen molar-refractivity contribution in [2.24, 2.45) is 0 Å². The molecule has 0 spiro atoms. The van der Waals surface area contributed by atoms with E-state index in [4.69, 9.17) is 25.5 Å². The highest BCUT2D eigenvalue weighted by molar-refractivity contribution is 7.93. The smallest absolute Gasteiger partial charge is 0.339 e. The maximum absolute atomic E-state index is 12.9. The summed E-state index contributed by atoms with van der Waals surface area (Å²) in [6.45, 7) is 1.30. The second-order valence-electron chi connectivity index (χ2n) is 6.84. The predicted molar refractivity (Wildman–Crippen MR) is 120 cm³/mol. The third-order valence-electron chi connectivity index (χ3n) is 4.53. The van der Waals surface area contributed by atoms with Gasteiger partial charge in [-0.25, -0.2) is 4.79 Å². The SMILES string of the molecule is Cc1oc(S(=O)(=O)Nc2ccc(Cl)cc2NS(=O)(=O)c2cc3ccccc3o2)cc1C(=O)O. The van der Waals surface area contributed by atoms with Gasteiger partial charge < -0.3 is 13.9 Å². The van der Waals surface area contributed by atoms with Crippen LogP contribution in [-0.2, 0) is 20.0 Å². The first kappa shape index (κ1) is 22.7. The molecule has 0 amide bonds. The number of nitrogens with one attached hydrogen (secondary N) is 2. The number of aromatic carboxylic acids is 1. The van der Waals surface area contributed by atoms with E-state index >= 15 is 0 Å². The summed E-state index contributed by atoms with van der Waals surface area (Å²) >= 11 is 5.98. The van der Waals surface area contributed by atoms with Gasteiger partial charge in [-0.1, -0.05) is 29.8 Å². The molecule has 0 saturated heterocycles. The van der Waals surface area contributed by atoms with Gasteiger partial charge in [-0.3, -0.25) is 9.44 Å². The van der Waals surface area contributed by atoms with E-state index in [0.717, 1.165) is 6.07 Å². The fourth-order valence-electron chi connectivity index (χ4n) is 2.97. The van der Waals surface area contributed by atoms with Crippen molar-refractivity contribution in [1.82, 2.24) is 0 Å². The van der Waals surface area contributed by atoms with Crippen molar-refractivity contribution in [3.63, 3.8) is 0 Å². The summed E-state index contributed by atoms with van der Waals surface area (Å²) in [6, 6.07) is 12.6. The Balaban J connectivity index is 1.69. The zero-order valence-electron chi connectivity index (χ0n) is 16.7. The van der Waals surface area contributed by atoms with E-state index in [0.29, 0.717) is 11.0 Å². The summed E-state index contributed by atoms with van der Waals surface area (Å²) in [5, 5.41) is 8.77. The van der Waals surface area contributed by atoms with Crippen LogP contribution in [0.4, 0.5) is 11.4 Å². The van der Waals surface area contributed by atoms with Crippen LogP contribution in [0.3, 0.4) is 0 Å². The maximum Gasteiger partial charge on any atom is 0.339 e. The molecule has 3 N–H and O–H groups in total. The number of rotatable bonds is 7. The number of furan rings is 2. The van der Waals surface area contributed by atoms with Crippen molar-refractivity contribution < 1.29 is 35.6 Å². The number of benzene rings is 2. The highest BCUT2D eigenvalue weighted by Gasteiger charge is 2.26. The summed E-state index contributed by atoms with van der Waals surface area (Å²) < 4.78 is 66.2. The molecule has 0 aliphatic rings. The lowest BCUT2D eigenvalue weighted by Crippen LogP contribution is -2.17. The molecular weight excluding hydrogens is 496 g/mol. The van der Waals surface area contributed by atoms with Crippen LogP contribution in [0.2, 0.25) is 5.02 Å². The monoisotopic (exact) mass is 510 g/mol. The first-order valence-electron chi connectivity index (χ1n) is 9.14. The summed E-state index contributed by atoms with van der Waals surface area (Å²) in [4.78, 5) is 11.2. The Morgan fingerprint density at radius 2 is 1.52 bits per heavy atom. The number of anilines is 2. The van der Waals surface area contributed by atoms with E-state index in [1.807, 2.05) is 0 Å². The molecule has 172 valence electrons. The highest BCUT2D eigenvalue weighted by Crippen LogP contribution is 2.32. The predicted octanol–water partition coefficient (Wildman–Crippen LogP) is 4.29. The number of carboxylic acid groups (broad SMARTS) is 1. The van der Waals surface area contributed by atoms with Gasteiger partial charge in [0, 0.05) is 22.5 Å². The molecule has 0 aliphatic heterocycles. The Bertz CT molecular complexity index is 1570. The topological polar surface area (TPSA) is 156 Å². The van der Waals surface area contributed by atoms with Crippen LogP contribution >= 0.6 is 11.6 Å². The summed E-state index contributed by atoms with van der Waals surface area (Å²) in [6.07, 6.45) is 0. The minimum Gasteiger partial charge on any atom is -0.478 e. The Kier molecular flexibility index (Phi) is 5.60. The van der Waals surface area contributed by atoms with Gasteiger partial charge in [-0.05, 0) is 31.2 Å². The zero-order valence-corrected chi connectivity index (χ0v) is 19.1. The molecule has 0 fully saturated rings. The number of fused-ring (bicyclic) bond motifs is 1. The molecule has 0 radical (unpaired) electrons. The lowest BCUT2D eigenvalue weighted by Gasteiger charge is -2.13. The van der Waals surface area contributed by atoms with E-state index in [1.165, 1.54) is 31.2 Å². The van der Waals surface area contributed by atoms with Crippen LogP contribution in [0.15, 0.2) is 73.6 Å². The zero-order chi connectivity index (χ0) is 24.0. The number of sulfonamides is 2. The van der Waals surface area contributed by atoms with E-state index in [2.05, 4.69) is 9.44 Å². The van der Waals surface area contributed by atoms with E-state index < -0.39 is 31.1 Å². The normalized spacial score (nSPS) is 12.1. The molecule has 4 aromatic rings. The Morgan fingerprint density at radius 1 is 0.879 bits per heavy atom. The van der Waals surface area contributed by atoms with Gasteiger partial charge in [-0.2, -0.15) is 16.8 Å². The van der Waals surface area contributed by atoms with Gasteiger partial charge in [0.15, 0.2) is 0 Å². The molecule has 2 aromatic heterocycles. The van der Waals surface area contributed by atoms with Crippen molar-refractivity contribution >= 4 is 60.0 Å². The molecule has 10 nitrogen and oxygen atoms in total. The molecule has 2 aromatic carbocycles. The number of hydrogen-bond acceptors (Lipinski definition) is 7. The van der Waals surface area contributed by atoms with Crippen molar-refractivity contribution in [3.8, 4) is 0 Å². The van der Waals surface area contributed by atoms with Crippen molar-refractivity contribution in [2.75, 3.05) is 9.44 Å². The van der Waals surface area contributed by atoms with Crippen molar-refractivity contribution in [1.29, 1.82) is 0 Å². The molecule has 0 saturated carbocycles. The number of para-hydroxylation sites is 1. The number of carboxylic acids is 1. The molecular formula is C20H15ClN2O8S2. The van der Waals surface area contributed by atoms with Crippen LogP contribution < -0.4 is 9.44 Å². The fourth-order valence-corrected chi connectivity index (χ4v) is 5.26. The molecule has 0 atom stereocenters. The molecule has 0 unspecified atom stereocenters. The Morgan fingerprint density at radius 3 is 2.15 bits per heavy atom. The van der Waals surface area contributed by atoms with Gasteiger partial charge in [-0.15, -0.1) is 0 Å². The van der Waals surface area contributed by atoms with Crippen LogP contribution in [0.25, 0.3) is 11.0 Å². The number of hydrogen-bond donors (Lipinski definition) is 3. The van der Waals surface area contributed by atoms with Gasteiger partial charge in [0.2, 0.25) is 10.2 Å². The van der Waals surface area contributed by atoms with Crippen LogP contribution in [0.1, 0.15) is 16.1 Å². The Hall–Kier alpha value is -3.48. The fraction of sp³-hybridized carbons (Fsp3) is 0.0500. The maximum atomic E-state index is 12.9. The molecule has 0 bridgehead atoms. The minimum absolute atomic E-state index is 0.107. The molecule has 33 heavy (non-hydrogen) atoms. The van der Waals surface area contributed by atoms with E-state index in [-0.39, 0.29) is 32.8 Å². The third-order valence-corrected chi connectivity index (χ3v) is 7.20. The lowest BCUT2D eigenvalue weighted by molar-refractivity contribution is 0.0695. The van der Waals surface area contributed by atoms with Crippen molar-refractivity contribution in [3.05, 3.63) is 70.9 Å².